The largest absolute Gasteiger partial charge is 0.381 e. The molecule has 108 valence electrons. The van der Waals surface area contributed by atoms with Gasteiger partial charge in [0.15, 0.2) is 10.8 Å². The van der Waals surface area contributed by atoms with E-state index in [0.29, 0.717) is 13.1 Å². The Morgan fingerprint density at radius 2 is 1.95 bits per heavy atom. The lowest BCUT2D eigenvalue weighted by Gasteiger charge is -2.20. The van der Waals surface area contributed by atoms with Crippen LogP contribution in [-0.2, 0) is 23.6 Å². The van der Waals surface area contributed by atoms with Crippen LogP contribution in [0.4, 0.5) is 5.82 Å². The van der Waals surface area contributed by atoms with Crippen molar-refractivity contribution in [3.63, 3.8) is 0 Å². The molecule has 0 aliphatic heterocycles. The van der Waals surface area contributed by atoms with Gasteiger partial charge in [-0.25, -0.2) is 13.4 Å². The molecule has 0 spiro atoms. The van der Waals surface area contributed by atoms with E-state index in [2.05, 4.69) is 4.98 Å². The van der Waals surface area contributed by atoms with Gasteiger partial charge in [0.05, 0.1) is 6.33 Å². The monoisotopic (exact) mass is 294 g/mol. The molecule has 0 atom stereocenters. The smallest absolute Gasteiger partial charge is 0.262 e. The molecule has 1 aromatic heterocycles. The third-order valence-corrected chi connectivity index (χ3v) is 5.10. The van der Waals surface area contributed by atoms with Crippen molar-refractivity contribution in [3.05, 3.63) is 42.2 Å². The summed E-state index contributed by atoms with van der Waals surface area (Å²) in [4.78, 5) is 3.84. The van der Waals surface area contributed by atoms with Crippen molar-refractivity contribution >= 4 is 15.8 Å². The summed E-state index contributed by atoms with van der Waals surface area (Å²) in [6.07, 6.45) is 1.40. The fraction of sp³-hybridized carbons (Fsp3) is 0.308. The molecule has 1 aromatic carbocycles. The number of imidazole rings is 1. The number of anilines is 1. The molecule has 0 unspecified atom stereocenters. The number of hydrogen-bond acceptors (Lipinski definition) is 4. The van der Waals surface area contributed by atoms with Crippen LogP contribution < -0.4 is 5.73 Å². The average molecular weight is 294 g/mol. The number of rotatable bonds is 5. The lowest BCUT2D eigenvalue weighted by Crippen LogP contribution is -2.32. The number of sulfonamides is 1. The van der Waals surface area contributed by atoms with Crippen molar-refractivity contribution in [2.24, 2.45) is 7.05 Å². The van der Waals surface area contributed by atoms with E-state index in [0.717, 1.165) is 5.56 Å². The number of nitrogens with zero attached hydrogens (tertiary/aromatic N) is 3. The van der Waals surface area contributed by atoms with Gasteiger partial charge in [-0.3, -0.25) is 0 Å². The molecule has 0 radical (unpaired) electrons. The van der Waals surface area contributed by atoms with E-state index in [4.69, 9.17) is 5.73 Å². The lowest BCUT2D eigenvalue weighted by atomic mass is 10.2. The minimum atomic E-state index is -3.66. The summed E-state index contributed by atoms with van der Waals surface area (Å²) in [6, 6.07) is 9.45. The first kappa shape index (κ1) is 14.5. The van der Waals surface area contributed by atoms with E-state index in [1.807, 2.05) is 30.3 Å². The number of aromatic nitrogens is 2. The first-order chi connectivity index (χ1) is 9.46. The molecule has 0 amide bonds. The van der Waals surface area contributed by atoms with E-state index in [9.17, 15) is 8.42 Å². The minimum absolute atomic E-state index is 0.0269. The molecule has 2 aromatic rings. The number of nitrogens with two attached hydrogens (primary N) is 1. The van der Waals surface area contributed by atoms with Gasteiger partial charge < -0.3 is 10.3 Å². The fourth-order valence-electron chi connectivity index (χ4n) is 2.03. The van der Waals surface area contributed by atoms with E-state index in [-0.39, 0.29) is 10.8 Å². The maximum atomic E-state index is 12.7. The first-order valence-electron chi connectivity index (χ1n) is 6.27. The van der Waals surface area contributed by atoms with Crippen LogP contribution >= 0.6 is 0 Å². The lowest BCUT2D eigenvalue weighted by molar-refractivity contribution is 0.419. The third-order valence-electron chi connectivity index (χ3n) is 3.05. The second kappa shape index (κ2) is 5.64. The molecule has 0 aliphatic carbocycles. The molecule has 20 heavy (non-hydrogen) atoms. The summed E-state index contributed by atoms with van der Waals surface area (Å²) < 4.78 is 28.1. The van der Waals surface area contributed by atoms with Crippen LogP contribution in [0.25, 0.3) is 0 Å². The molecular weight excluding hydrogens is 276 g/mol. The van der Waals surface area contributed by atoms with E-state index in [1.165, 1.54) is 15.2 Å². The zero-order chi connectivity index (χ0) is 14.8. The second-order valence-electron chi connectivity index (χ2n) is 4.46. The van der Waals surface area contributed by atoms with Gasteiger partial charge in [-0.1, -0.05) is 37.3 Å². The first-order valence-corrected chi connectivity index (χ1v) is 7.71. The van der Waals surface area contributed by atoms with Crippen LogP contribution in [0.3, 0.4) is 0 Å². The van der Waals surface area contributed by atoms with Crippen molar-refractivity contribution in [3.8, 4) is 0 Å². The molecule has 1 heterocycles. The summed E-state index contributed by atoms with van der Waals surface area (Å²) >= 11 is 0. The Bertz CT molecular complexity index is 660. The van der Waals surface area contributed by atoms with Gasteiger partial charge >= 0.3 is 0 Å². The predicted molar refractivity (Wildman–Crippen MR) is 77.3 cm³/mol. The highest BCUT2D eigenvalue weighted by Crippen LogP contribution is 2.22. The molecule has 6 nitrogen and oxygen atoms in total. The quantitative estimate of drug-likeness (QED) is 0.899. The standard InChI is InChI=1S/C13H18N4O2S/c1-3-17(9-11-7-5-4-6-8-11)20(18,19)13-12(14)15-10-16(13)2/h4-8,10H,3,9,14H2,1-2H3. The summed E-state index contributed by atoms with van der Waals surface area (Å²) in [7, 11) is -2.04. The predicted octanol–water partition coefficient (Wildman–Crippen LogP) is 1.21. The highest BCUT2D eigenvalue weighted by atomic mass is 32.2. The van der Waals surface area contributed by atoms with Crippen LogP contribution in [-0.4, -0.2) is 28.8 Å². The molecular formula is C13H18N4O2S. The molecule has 7 heteroatoms. The zero-order valence-electron chi connectivity index (χ0n) is 11.5. The van der Waals surface area contributed by atoms with E-state index >= 15 is 0 Å². The number of nitrogen functional groups attached to an aromatic ring is 1. The molecule has 0 aliphatic rings. The highest BCUT2D eigenvalue weighted by molar-refractivity contribution is 7.89. The topological polar surface area (TPSA) is 81.2 Å². The van der Waals surface area contributed by atoms with Crippen LogP contribution in [0.1, 0.15) is 12.5 Å². The van der Waals surface area contributed by atoms with Gasteiger partial charge in [0.25, 0.3) is 10.0 Å². The minimum Gasteiger partial charge on any atom is -0.381 e. The van der Waals surface area contributed by atoms with Gasteiger partial charge in [0.2, 0.25) is 0 Å². The Morgan fingerprint density at radius 1 is 1.30 bits per heavy atom. The zero-order valence-corrected chi connectivity index (χ0v) is 12.3. The Labute approximate surface area is 118 Å². The van der Waals surface area contributed by atoms with Crippen molar-refractivity contribution in [1.82, 2.24) is 13.9 Å². The van der Waals surface area contributed by atoms with Crippen molar-refractivity contribution in [2.75, 3.05) is 12.3 Å². The Kier molecular flexibility index (Phi) is 4.10. The average Bonchev–Trinajstić information content (AvgIpc) is 2.77. The Morgan fingerprint density at radius 3 is 2.45 bits per heavy atom. The summed E-state index contributed by atoms with van der Waals surface area (Å²) in [5.74, 6) is 0.0269. The van der Waals surface area contributed by atoms with Gasteiger partial charge in [-0.2, -0.15) is 4.31 Å². The summed E-state index contributed by atoms with van der Waals surface area (Å²) in [5, 5.41) is 0.0373. The van der Waals surface area contributed by atoms with Crippen molar-refractivity contribution in [1.29, 1.82) is 0 Å². The molecule has 2 rings (SSSR count). The van der Waals surface area contributed by atoms with Crippen LogP contribution in [0.2, 0.25) is 0 Å². The highest BCUT2D eigenvalue weighted by Gasteiger charge is 2.28. The number of benzene rings is 1. The maximum absolute atomic E-state index is 12.7. The molecule has 2 N–H and O–H groups in total. The molecule has 0 saturated heterocycles. The Balaban J connectivity index is 2.36. The van der Waals surface area contributed by atoms with Gasteiger partial charge in [0.1, 0.15) is 0 Å². The van der Waals surface area contributed by atoms with Gasteiger partial charge in [-0.05, 0) is 5.56 Å². The Hall–Kier alpha value is -1.86. The molecule has 0 saturated carbocycles. The molecule has 0 fully saturated rings. The summed E-state index contributed by atoms with van der Waals surface area (Å²) in [5.41, 5.74) is 6.60. The van der Waals surface area contributed by atoms with Gasteiger partial charge in [-0.15, -0.1) is 0 Å². The normalized spacial score (nSPS) is 11.9. The number of hydrogen-bond donors (Lipinski definition) is 1. The molecule has 0 bridgehead atoms. The van der Waals surface area contributed by atoms with E-state index < -0.39 is 10.0 Å². The van der Waals surface area contributed by atoms with Crippen LogP contribution in [0, 0.1) is 0 Å². The third kappa shape index (κ3) is 2.68. The summed E-state index contributed by atoms with van der Waals surface area (Å²) in [6.45, 7) is 2.47. The van der Waals surface area contributed by atoms with Gasteiger partial charge in [0, 0.05) is 20.1 Å². The van der Waals surface area contributed by atoms with Crippen molar-refractivity contribution < 1.29 is 8.42 Å². The van der Waals surface area contributed by atoms with Crippen molar-refractivity contribution in [2.45, 2.75) is 18.5 Å². The SMILES string of the molecule is CCN(Cc1ccccc1)S(=O)(=O)c1c(N)ncn1C. The van der Waals surface area contributed by atoms with Crippen LogP contribution in [0.15, 0.2) is 41.7 Å². The van der Waals surface area contributed by atoms with Crippen LogP contribution in [0.5, 0.6) is 0 Å². The second-order valence-corrected chi connectivity index (χ2v) is 6.32. The number of aryl methyl sites for hydroxylation is 1. The maximum Gasteiger partial charge on any atom is 0.262 e. The van der Waals surface area contributed by atoms with E-state index in [1.54, 1.807) is 14.0 Å². The fourth-order valence-corrected chi connectivity index (χ4v) is 3.66.